The summed E-state index contributed by atoms with van der Waals surface area (Å²) in [7, 11) is 0. The zero-order valence-electron chi connectivity index (χ0n) is 11.7. The highest BCUT2D eigenvalue weighted by molar-refractivity contribution is 6.31. The van der Waals surface area contributed by atoms with Gasteiger partial charge in [0.1, 0.15) is 0 Å². The largest absolute Gasteiger partial charge is 0.378 e. The van der Waals surface area contributed by atoms with Crippen molar-refractivity contribution in [3.8, 4) is 0 Å². The summed E-state index contributed by atoms with van der Waals surface area (Å²) in [6.07, 6.45) is 4.51. The molecule has 18 heavy (non-hydrogen) atoms. The van der Waals surface area contributed by atoms with Crippen LogP contribution in [-0.2, 0) is 0 Å². The zero-order chi connectivity index (χ0) is 13.6. The van der Waals surface area contributed by atoms with Crippen LogP contribution in [0.3, 0.4) is 0 Å². The van der Waals surface area contributed by atoms with Gasteiger partial charge in [-0.3, -0.25) is 0 Å². The van der Waals surface area contributed by atoms with Gasteiger partial charge in [-0.15, -0.1) is 0 Å². The van der Waals surface area contributed by atoms with Gasteiger partial charge in [-0.05, 0) is 37.5 Å². The molecule has 0 radical (unpaired) electrons. The molecule has 1 rings (SSSR count). The maximum Gasteiger partial charge on any atom is 0.0493 e. The molecule has 1 unspecified atom stereocenters. The van der Waals surface area contributed by atoms with Crippen LogP contribution >= 0.6 is 11.6 Å². The molecule has 2 nitrogen and oxygen atoms in total. The maximum absolute atomic E-state index is 6.16. The minimum Gasteiger partial charge on any atom is -0.378 e. The molecule has 0 fully saturated rings. The Morgan fingerprint density at radius 2 is 2.06 bits per heavy atom. The van der Waals surface area contributed by atoms with Gasteiger partial charge >= 0.3 is 0 Å². The van der Waals surface area contributed by atoms with E-state index in [2.05, 4.69) is 25.2 Å². The van der Waals surface area contributed by atoms with Crippen molar-refractivity contribution in [2.45, 2.75) is 52.0 Å². The normalized spacial score (nSPS) is 14.3. The predicted molar refractivity (Wildman–Crippen MR) is 81.4 cm³/mol. The summed E-state index contributed by atoms with van der Waals surface area (Å²) in [5.41, 5.74) is 8.14. The average molecular weight is 269 g/mol. The van der Waals surface area contributed by atoms with Crippen LogP contribution in [0.5, 0.6) is 0 Å². The Kier molecular flexibility index (Phi) is 5.97. The van der Waals surface area contributed by atoms with Gasteiger partial charge in [0.25, 0.3) is 0 Å². The molecule has 1 aromatic rings. The van der Waals surface area contributed by atoms with Crippen molar-refractivity contribution in [1.29, 1.82) is 0 Å². The second kappa shape index (κ2) is 7.01. The number of aryl methyl sites for hydroxylation is 1. The number of anilines is 1. The van der Waals surface area contributed by atoms with E-state index in [1.165, 1.54) is 12.8 Å². The molecular weight excluding hydrogens is 244 g/mol. The van der Waals surface area contributed by atoms with Crippen LogP contribution < -0.4 is 11.1 Å². The third-order valence-electron chi connectivity index (χ3n) is 3.66. The zero-order valence-corrected chi connectivity index (χ0v) is 12.5. The van der Waals surface area contributed by atoms with Crippen LogP contribution in [0, 0.1) is 6.92 Å². The topological polar surface area (TPSA) is 38.0 Å². The average Bonchev–Trinajstić information content (AvgIpc) is 2.39. The van der Waals surface area contributed by atoms with E-state index in [-0.39, 0.29) is 5.54 Å². The molecule has 3 N–H and O–H groups in total. The monoisotopic (exact) mass is 268 g/mol. The van der Waals surface area contributed by atoms with E-state index in [1.54, 1.807) is 0 Å². The van der Waals surface area contributed by atoms with Crippen molar-refractivity contribution in [3.05, 3.63) is 28.8 Å². The first-order valence-electron chi connectivity index (χ1n) is 6.81. The van der Waals surface area contributed by atoms with Gasteiger partial charge in [0.15, 0.2) is 0 Å². The summed E-state index contributed by atoms with van der Waals surface area (Å²) in [6.45, 7) is 7.05. The van der Waals surface area contributed by atoms with Crippen molar-refractivity contribution in [2.75, 3.05) is 11.9 Å². The predicted octanol–water partition coefficient (Wildman–Crippen LogP) is 4.36. The number of hydrogen-bond acceptors (Lipinski definition) is 2. The van der Waals surface area contributed by atoms with Crippen LogP contribution in [0.15, 0.2) is 18.2 Å². The summed E-state index contributed by atoms with van der Waals surface area (Å²) in [6, 6.07) is 6.11. The lowest BCUT2D eigenvalue weighted by Gasteiger charge is -2.34. The summed E-state index contributed by atoms with van der Waals surface area (Å²) in [5, 5.41) is 4.39. The van der Waals surface area contributed by atoms with E-state index in [4.69, 9.17) is 17.3 Å². The molecule has 0 spiro atoms. The fourth-order valence-corrected chi connectivity index (χ4v) is 2.30. The Bertz CT molecular complexity index is 373. The molecule has 0 aromatic heterocycles. The number of unbranched alkanes of at least 4 members (excludes halogenated alkanes) is 1. The number of benzene rings is 1. The summed E-state index contributed by atoms with van der Waals surface area (Å²) in [5.74, 6) is 0. The van der Waals surface area contributed by atoms with Crippen LogP contribution in [0.2, 0.25) is 5.02 Å². The van der Waals surface area contributed by atoms with Gasteiger partial charge in [0.2, 0.25) is 0 Å². The molecule has 0 bridgehead atoms. The van der Waals surface area contributed by atoms with Crippen LogP contribution in [0.4, 0.5) is 5.69 Å². The first-order valence-corrected chi connectivity index (χ1v) is 7.19. The summed E-state index contributed by atoms with van der Waals surface area (Å²) in [4.78, 5) is 0. The number of nitrogens with two attached hydrogens (primary N) is 1. The molecule has 1 aromatic carbocycles. The third-order valence-corrected chi connectivity index (χ3v) is 4.06. The van der Waals surface area contributed by atoms with Crippen molar-refractivity contribution in [3.63, 3.8) is 0 Å². The Morgan fingerprint density at radius 3 is 2.56 bits per heavy atom. The smallest absolute Gasteiger partial charge is 0.0493 e. The van der Waals surface area contributed by atoms with Crippen LogP contribution in [-0.4, -0.2) is 12.1 Å². The summed E-state index contributed by atoms with van der Waals surface area (Å²) >= 11 is 6.16. The molecule has 0 aliphatic carbocycles. The first kappa shape index (κ1) is 15.3. The van der Waals surface area contributed by atoms with Gasteiger partial charge in [0.05, 0.1) is 0 Å². The molecule has 0 aliphatic heterocycles. The number of hydrogen-bond donors (Lipinski definition) is 2. The third kappa shape index (κ3) is 3.89. The van der Waals surface area contributed by atoms with Gasteiger partial charge in [-0.2, -0.15) is 0 Å². The molecule has 1 atom stereocenters. The molecule has 0 aliphatic rings. The molecule has 0 saturated carbocycles. The van der Waals surface area contributed by atoms with Gasteiger partial charge in [-0.1, -0.05) is 44.4 Å². The van der Waals surface area contributed by atoms with E-state index >= 15 is 0 Å². The van der Waals surface area contributed by atoms with Crippen molar-refractivity contribution in [1.82, 2.24) is 0 Å². The molecule has 0 heterocycles. The SMILES string of the molecule is CCCCC(CC)(CN)Nc1ccc(C)c(Cl)c1. The molecule has 102 valence electrons. The Balaban J connectivity index is 2.84. The van der Waals surface area contributed by atoms with Crippen LogP contribution in [0.25, 0.3) is 0 Å². The quantitative estimate of drug-likeness (QED) is 0.771. The highest BCUT2D eigenvalue weighted by Crippen LogP contribution is 2.26. The molecule has 3 heteroatoms. The number of rotatable bonds is 7. The van der Waals surface area contributed by atoms with Crippen molar-refractivity contribution < 1.29 is 0 Å². The molecular formula is C15H25ClN2. The maximum atomic E-state index is 6.16. The number of halogens is 1. The van der Waals surface area contributed by atoms with Gasteiger partial charge < -0.3 is 11.1 Å². The Morgan fingerprint density at radius 1 is 1.33 bits per heavy atom. The summed E-state index contributed by atoms with van der Waals surface area (Å²) < 4.78 is 0. The first-order chi connectivity index (χ1) is 8.56. The lowest BCUT2D eigenvalue weighted by atomic mass is 9.89. The van der Waals surface area contributed by atoms with E-state index in [9.17, 15) is 0 Å². The Labute approximate surface area is 116 Å². The van der Waals surface area contributed by atoms with Gasteiger partial charge in [0, 0.05) is 22.8 Å². The second-order valence-electron chi connectivity index (χ2n) is 5.03. The van der Waals surface area contributed by atoms with E-state index in [1.807, 2.05) is 19.1 Å². The van der Waals surface area contributed by atoms with Crippen LogP contribution in [0.1, 0.15) is 45.1 Å². The second-order valence-corrected chi connectivity index (χ2v) is 5.44. The minimum absolute atomic E-state index is 0.00536. The van der Waals surface area contributed by atoms with E-state index in [0.29, 0.717) is 6.54 Å². The van der Waals surface area contributed by atoms with E-state index in [0.717, 1.165) is 29.1 Å². The van der Waals surface area contributed by atoms with E-state index < -0.39 is 0 Å². The van der Waals surface area contributed by atoms with Crippen molar-refractivity contribution in [2.24, 2.45) is 5.73 Å². The fraction of sp³-hybridized carbons (Fsp3) is 0.600. The molecule has 0 amide bonds. The molecule has 0 saturated heterocycles. The van der Waals surface area contributed by atoms with Crippen molar-refractivity contribution >= 4 is 17.3 Å². The highest BCUT2D eigenvalue weighted by atomic mass is 35.5. The highest BCUT2D eigenvalue weighted by Gasteiger charge is 2.25. The Hall–Kier alpha value is -0.730. The minimum atomic E-state index is -0.00536. The lowest BCUT2D eigenvalue weighted by Crippen LogP contribution is -2.45. The fourth-order valence-electron chi connectivity index (χ4n) is 2.12. The standard InChI is InChI=1S/C15H25ClN2/c1-4-6-9-15(5-2,11-17)18-13-8-7-12(3)14(16)10-13/h7-8,10,18H,4-6,9,11,17H2,1-3H3. The number of nitrogens with one attached hydrogen (secondary N) is 1. The lowest BCUT2D eigenvalue weighted by molar-refractivity contribution is 0.411. The van der Waals surface area contributed by atoms with Gasteiger partial charge in [-0.25, -0.2) is 0 Å².